The van der Waals surface area contributed by atoms with Crippen LogP contribution in [0.5, 0.6) is 0 Å². The van der Waals surface area contributed by atoms with E-state index in [1.807, 2.05) is 30.3 Å². The van der Waals surface area contributed by atoms with Gasteiger partial charge in [0.25, 0.3) is 0 Å². The molecule has 2 N–H and O–H groups in total. The van der Waals surface area contributed by atoms with Gasteiger partial charge in [-0.05, 0) is 42.0 Å². The lowest BCUT2D eigenvalue weighted by Crippen LogP contribution is -2.09. The predicted octanol–water partition coefficient (Wildman–Crippen LogP) is 4.27. The number of rotatable bonds is 4. The highest BCUT2D eigenvalue weighted by atomic mass is 35.5. The highest BCUT2D eigenvalue weighted by molar-refractivity contribution is 7.99. The van der Waals surface area contributed by atoms with Gasteiger partial charge in [0, 0.05) is 21.7 Å². The van der Waals surface area contributed by atoms with E-state index in [9.17, 15) is 4.39 Å². The molecule has 4 heteroatoms. The Morgan fingerprint density at radius 1 is 1.17 bits per heavy atom. The molecule has 0 radical (unpaired) electrons. The zero-order valence-electron chi connectivity index (χ0n) is 9.64. The van der Waals surface area contributed by atoms with Crippen LogP contribution in [0.3, 0.4) is 0 Å². The number of hydrogen-bond acceptors (Lipinski definition) is 2. The molecule has 2 aromatic rings. The fourth-order valence-corrected chi connectivity index (χ4v) is 2.76. The molecule has 0 saturated heterocycles. The second-order valence-electron chi connectivity index (χ2n) is 3.85. The van der Waals surface area contributed by atoms with Crippen molar-refractivity contribution >= 4 is 23.4 Å². The van der Waals surface area contributed by atoms with Crippen molar-refractivity contribution in [1.29, 1.82) is 0 Å². The molecule has 0 fully saturated rings. The Balaban J connectivity index is 2.17. The lowest BCUT2D eigenvalue weighted by Gasteiger charge is -2.15. The molecule has 0 aliphatic rings. The Labute approximate surface area is 115 Å². The van der Waals surface area contributed by atoms with E-state index in [1.165, 1.54) is 12.1 Å². The fourth-order valence-electron chi connectivity index (χ4n) is 1.64. The molecule has 0 heterocycles. The summed E-state index contributed by atoms with van der Waals surface area (Å²) in [4.78, 5) is 1.07. The van der Waals surface area contributed by atoms with Crippen molar-refractivity contribution in [1.82, 2.24) is 0 Å². The molecule has 2 aromatic carbocycles. The Morgan fingerprint density at radius 2 is 1.89 bits per heavy atom. The first-order valence-electron chi connectivity index (χ1n) is 5.57. The van der Waals surface area contributed by atoms with E-state index in [0.717, 1.165) is 10.5 Å². The average molecular weight is 282 g/mol. The quantitative estimate of drug-likeness (QED) is 0.847. The summed E-state index contributed by atoms with van der Waals surface area (Å²) in [5, 5.41) is 0.747. The first-order valence-corrected chi connectivity index (χ1v) is 6.82. The molecule has 0 saturated carbocycles. The summed E-state index contributed by atoms with van der Waals surface area (Å²) >= 11 is 7.45. The topological polar surface area (TPSA) is 26.0 Å². The van der Waals surface area contributed by atoms with Gasteiger partial charge in [0.1, 0.15) is 5.82 Å². The standard InChI is InChI=1S/C14H13ClFNS/c15-11-4-6-13(7-5-11)18-14(9-17)10-2-1-3-12(16)8-10/h1-8,14H,9,17H2. The van der Waals surface area contributed by atoms with Crippen molar-refractivity contribution < 1.29 is 4.39 Å². The number of benzene rings is 2. The third kappa shape index (κ3) is 3.48. The molecule has 18 heavy (non-hydrogen) atoms. The zero-order chi connectivity index (χ0) is 13.0. The van der Waals surface area contributed by atoms with E-state index in [1.54, 1.807) is 17.8 Å². The van der Waals surface area contributed by atoms with Gasteiger partial charge < -0.3 is 5.73 Å². The number of nitrogens with two attached hydrogens (primary N) is 1. The predicted molar refractivity (Wildman–Crippen MR) is 75.5 cm³/mol. The smallest absolute Gasteiger partial charge is 0.123 e. The van der Waals surface area contributed by atoms with E-state index in [2.05, 4.69) is 0 Å². The molecule has 0 aromatic heterocycles. The van der Waals surface area contributed by atoms with Gasteiger partial charge in [-0.25, -0.2) is 4.39 Å². The highest BCUT2D eigenvalue weighted by Gasteiger charge is 2.12. The summed E-state index contributed by atoms with van der Waals surface area (Å²) in [6.07, 6.45) is 0. The molecule has 0 amide bonds. The summed E-state index contributed by atoms with van der Waals surface area (Å²) in [6, 6.07) is 14.1. The van der Waals surface area contributed by atoms with Crippen molar-refractivity contribution in [2.24, 2.45) is 5.73 Å². The van der Waals surface area contributed by atoms with Crippen molar-refractivity contribution in [2.75, 3.05) is 6.54 Å². The Hall–Kier alpha value is -1.03. The third-order valence-corrected chi connectivity index (χ3v) is 4.07. The Morgan fingerprint density at radius 3 is 2.50 bits per heavy atom. The van der Waals surface area contributed by atoms with Crippen LogP contribution in [0.2, 0.25) is 5.02 Å². The normalized spacial score (nSPS) is 12.4. The summed E-state index contributed by atoms with van der Waals surface area (Å²) < 4.78 is 13.2. The molecular weight excluding hydrogens is 269 g/mol. The van der Waals surface area contributed by atoms with E-state index in [4.69, 9.17) is 17.3 Å². The van der Waals surface area contributed by atoms with Crippen LogP contribution in [0.25, 0.3) is 0 Å². The number of hydrogen-bond donors (Lipinski definition) is 1. The van der Waals surface area contributed by atoms with Crippen LogP contribution in [-0.4, -0.2) is 6.54 Å². The molecule has 1 atom stereocenters. The van der Waals surface area contributed by atoms with E-state index in [0.29, 0.717) is 11.6 Å². The third-order valence-electron chi connectivity index (χ3n) is 2.53. The second-order valence-corrected chi connectivity index (χ2v) is 5.56. The minimum atomic E-state index is -0.234. The average Bonchev–Trinajstić information content (AvgIpc) is 2.38. The van der Waals surface area contributed by atoms with Gasteiger partial charge in [0.05, 0.1) is 0 Å². The van der Waals surface area contributed by atoms with Crippen LogP contribution >= 0.6 is 23.4 Å². The van der Waals surface area contributed by atoms with Gasteiger partial charge >= 0.3 is 0 Å². The summed E-state index contributed by atoms with van der Waals surface area (Å²) in [7, 11) is 0. The molecule has 0 aliphatic carbocycles. The Kier molecular flexibility index (Phi) is 4.64. The van der Waals surface area contributed by atoms with Crippen molar-refractivity contribution in [2.45, 2.75) is 10.1 Å². The van der Waals surface area contributed by atoms with Gasteiger partial charge in [0.2, 0.25) is 0 Å². The minimum Gasteiger partial charge on any atom is -0.329 e. The first kappa shape index (κ1) is 13.4. The minimum absolute atomic E-state index is 0.0434. The van der Waals surface area contributed by atoms with Crippen LogP contribution in [0, 0.1) is 5.82 Å². The molecule has 2 rings (SSSR count). The number of halogens is 2. The van der Waals surface area contributed by atoms with Crippen molar-refractivity contribution in [3.8, 4) is 0 Å². The summed E-state index contributed by atoms with van der Waals surface area (Å²) in [6.45, 7) is 0.455. The molecule has 1 nitrogen and oxygen atoms in total. The lowest BCUT2D eigenvalue weighted by molar-refractivity contribution is 0.625. The van der Waals surface area contributed by atoms with E-state index in [-0.39, 0.29) is 11.1 Å². The van der Waals surface area contributed by atoms with Crippen molar-refractivity contribution in [3.63, 3.8) is 0 Å². The molecule has 0 spiro atoms. The number of thioether (sulfide) groups is 1. The lowest BCUT2D eigenvalue weighted by atomic mass is 10.1. The molecule has 94 valence electrons. The van der Waals surface area contributed by atoms with Gasteiger partial charge in [0.15, 0.2) is 0 Å². The van der Waals surface area contributed by atoms with Crippen LogP contribution in [0.4, 0.5) is 4.39 Å². The van der Waals surface area contributed by atoms with Gasteiger partial charge in [-0.2, -0.15) is 0 Å². The van der Waals surface area contributed by atoms with E-state index < -0.39 is 0 Å². The molecular formula is C14H13ClFNS. The van der Waals surface area contributed by atoms with Crippen LogP contribution in [-0.2, 0) is 0 Å². The van der Waals surface area contributed by atoms with Gasteiger partial charge in [-0.1, -0.05) is 23.7 Å². The van der Waals surface area contributed by atoms with Crippen molar-refractivity contribution in [3.05, 3.63) is 64.9 Å². The monoisotopic (exact) mass is 281 g/mol. The molecule has 1 unspecified atom stereocenters. The largest absolute Gasteiger partial charge is 0.329 e. The maximum Gasteiger partial charge on any atom is 0.123 e. The first-order chi connectivity index (χ1) is 8.69. The summed E-state index contributed by atoms with van der Waals surface area (Å²) in [5.74, 6) is -0.234. The molecule has 0 aliphatic heterocycles. The van der Waals surface area contributed by atoms with Gasteiger partial charge in [-0.3, -0.25) is 0 Å². The maximum absolute atomic E-state index is 13.2. The van der Waals surface area contributed by atoms with Crippen LogP contribution in [0.15, 0.2) is 53.4 Å². The molecule has 0 bridgehead atoms. The fraction of sp³-hybridized carbons (Fsp3) is 0.143. The summed E-state index contributed by atoms with van der Waals surface area (Å²) in [5.41, 5.74) is 6.66. The van der Waals surface area contributed by atoms with Gasteiger partial charge in [-0.15, -0.1) is 11.8 Å². The van der Waals surface area contributed by atoms with E-state index >= 15 is 0 Å². The highest BCUT2D eigenvalue weighted by Crippen LogP contribution is 2.34. The SMILES string of the molecule is NCC(Sc1ccc(Cl)cc1)c1cccc(F)c1. The van der Waals surface area contributed by atoms with Crippen LogP contribution in [0.1, 0.15) is 10.8 Å². The maximum atomic E-state index is 13.2. The zero-order valence-corrected chi connectivity index (χ0v) is 11.2. The second kappa shape index (κ2) is 6.23. The van der Waals surface area contributed by atoms with Crippen LogP contribution < -0.4 is 5.73 Å². The Bertz CT molecular complexity index is 515.